The van der Waals surface area contributed by atoms with E-state index in [0.29, 0.717) is 17.7 Å². The molecule has 2 atom stereocenters. The van der Waals surface area contributed by atoms with Gasteiger partial charge in [0.05, 0.1) is 31.7 Å². The van der Waals surface area contributed by atoms with Crippen LogP contribution in [0.1, 0.15) is 27.7 Å². The van der Waals surface area contributed by atoms with E-state index in [2.05, 4.69) is 15.0 Å². The first kappa shape index (κ1) is 20.4. The van der Waals surface area contributed by atoms with Gasteiger partial charge in [-0.3, -0.25) is 4.57 Å². The van der Waals surface area contributed by atoms with Gasteiger partial charge in [-0.1, -0.05) is 11.6 Å². The van der Waals surface area contributed by atoms with Crippen molar-refractivity contribution in [1.29, 1.82) is 0 Å². The Kier molecular flexibility index (Phi) is 6.05. The molecule has 0 aromatic carbocycles. The first-order chi connectivity index (χ1) is 12.7. The number of imidazole rings is 1. The van der Waals surface area contributed by atoms with E-state index in [1.165, 1.54) is 0 Å². The molecule has 10 nitrogen and oxygen atoms in total. The van der Waals surface area contributed by atoms with Gasteiger partial charge in [-0.15, -0.1) is 0 Å². The lowest BCUT2D eigenvalue weighted by molar-refractivity contribution is -0.0314. The van der Waals surface area contributed by atoms with Crippen LogP contribution in [0.25, 0.3) is 11.2 Å². The van der Waals surface area contributed by atoms with Crippen LogP contribution in [0.15, 0.2) is 6.33 Å². The molecule has 2 aromatic heterocycles. The molecule has 0 saturated carbocycles. The summed E-state index contributed by atoms with van der Waals surface area (Å²) in [5.74, 6) is 0.0517. The number of halogens is 1. The topological polar surface area (TPSA) is 124 Å². The number of anilines is 1. The Hall–Kier alpha value is -1.29. The van der Waals surface area contributed by atoms with Crippen LogP contribution in [0.4, 0.5) is 5.95 Å². The number of hydrogen-bond donors (Lipinski definition) is 1. The lowest BCUT2D eigenvalue weighted by Crippen LogP contribution is -2.22. The van der Waals surface area contributed by atoms with Crippen LogP contribution in [0, 0.1) is 0 Å². The Labute approximate surface area is 161 Å². The Morgan fingerprint density at radius 1 is 1.33 bits per heavy atom. The fourth-order valence-corrected chi connectivity index (χ4v) is 4.92. The van der Waals surface area contributed by atoms with Crippen molar-refractivity contribution >= 4 is 36.3 Å². The molecule has 1 aliphatic heterocycles. The highest BCUT2D eigenvalue weighted by Crippen LogP contribution is 2.57. The predicted molar refractivity (Wildman–Crippen MR) is 99.4 cm³/mol. The summed E-state index contributed by atoms with van der Waals surface area (Å²) in [4.78, 5) is 12.2. The van der Waals surface area contributed by atoms with Gasteiger partial charge < -0.3 is 28.8 Å². The summed E-state index contributed by atoms with van der Waals surface area (Å²) >= 11 is 6.04. The van der Waals surface area contributed by atoms with Crippen molar-refractivity contribution in [2.75, 3.05) is 12.3 Å². The van der Waals surface area contributed by atoms with Gasteiger partial charge in [0.1, 0.15) is 11.6 Å². The molecular weight excluding hydrogens is 397 g/mol. The van der Waals surface area contributed by atoms with Gasteiger partial charge in [0, 0.05) is 0 Å². The molecular formula is C15H23ClN5O5P. The Balaban J connectivity index is 1.75. The Morgan fingerprint density at radius 2 is 2.00 bits per heavy atom. The van der Waals surface area contributed by atoms with Crippen LogP contribution in [0.3, 0.4) is 0 Å². The second-order valence-corrected chi connectivity index (χ2v) is 8.97. The first-order valence-corrected chi connectivity index (χ1v) is 10.5. The highest BCUT2D eigenvalue weighted by molar-refractivity contribution is 7.54. The third kappa shape index (κ3) is 4.59. The zero-order valence-electron chi connectivity index (χ0n) is 15.5. The molecule has 2 aromatic rings. The van der Waals surface area contributed by atoms with Gasteiger partial charge in [0.2, 0.25) is 5.95 Å². The van der Waals surface area contributed by atoms with Gasteiger partial charge in [-0.05, 0) is 27.7 Å². The fourth-order valence-electron chi connectivity index (χ4n) is 2.68. The molecule has 0 amide bonds. The molecule has 0 bridgehead atoms. The number of ether oxygens (including phenoxy) is 2. The molecule has 3 rings (SSSR count). The summed E-state index contributed by atoms with van der Waals surface area (Å²) in [6.45, 7) is 7.65. The highest BCUT2D eigenvalue weighted by atomic mass is 35.5. The van der Waals surface area contributed by atoms with Crippen molar-refractivity contribution in [3.05, 3.63) is 11.5 Å². The average Bonchev–Trinajstić information content (AvgIpc) is 3.14. The number of fused-ring (bicyclic) bond motifs is 1. The average molecular weight is 420 g/mol. The molecule has 1 aliphatic rings. The molecule has 0 unspecified atom stereocenters. The molecule has 12 heteroatoms. The van der Waals surface area contributed by atoms with Crippen molar-refractivity contribution in [3.63, 3.8) is 0 Å². The normalized spacial score (nSPS) is 21.0. The summed E-state index contributed by atoms with van der Waals surface area (Å²) in [6, 6.07) is -1.09. The summed E-state index contributed by atoms with van der Waals surface area (Å²) in [7, 11) is -3.61. The van der Waals surface area contributed by atoms with Gasteiger partial charge >= 0.3 is 7.60 Å². The number of nitrogens with zero attached hydrogens (tertiary/aromatic N) is 4. The van der Waals surface area contributed by atoms with Crippen LogP contribution in [0.5, 0.6) is 0 Å². The Morgan fingerprint density at radius 3 is 2.63 bits per heavy atom. The minimum absolute atomic E-state index is 0.0517. The number of nitrogen functional groups attached to an aromatic ring is 1. The van der Waals surface area contributed by atoms with Crippen molar-refractivity contribution < 1.29 is 23.1 Å². The summed E-state index contributed by atoms with van der Waals surface area (Å²) in [5.41, 5.74) is 6.59. The molecule has 3 heterocycles. The van der Waals surface area contributed by atoms with Crippen LogP contribution >= 0.6 is 19.2 Å². The third-order valence-corrected chi connectivity index (χ3v) is 6.03. The van der Waals surface area contributed by atoms with E-state index >= 15 is 0 Å². The van der Waals surface area contributed by atoms with Crippen molar-refractivity contribution in [2.45, 2.75) is 58.6 Å². The van der Waals surface area contributed by atoms with E-state index in [-0.39, 0.29) is 29.9 Å². The van der Waals surface area contributed by atoms with Crippen molar-refractivity contribution in [2.24, 2.45) is 0 Å². The standard InChI is InChI=1S/C15H23ClN5O5P/c1-8(2)25-27(22,26-9(3)4)15-23-6-10(24-15)5-21-7-18-11-12(16)19-14(17)20-13(11)21/h7-10,15H,5-6H2,1-4H3,(H2,17,19,20)/t10-,15-/m0/s1. The lowest BCUT2D eigenvalue weighted by Gasteiger charge is -2.26. The molecule has 150 valence electrons. The van der Waals surface area contributed by atoms with E-state index in [1.54, 1.807) is 38.6 Å². The van der Waals surface area contributed by atoms with E-state index in [9.17, 15) is 4.57 Å². The van der Waals surface area contributed by atoms with Gasteiger partial charge in [0.15, 0.2) is 10.8 Å². The van der Waals surface area contributed by atoms with Crippen molar-refractivity contribution in [3.8, 4) is 0 Å². The monoisotopic (exact) mass is 419 g/mol. The number of hydrogen-bond acceptors (Lipinski definition) is 9. The van der Waals surface area contributed by atoms with Crippen LogP contribution < -0.4 is 5.73 Å². The van der Waals surface area contributed by atoms with Gasteiger partial charge in [-0.2, -0.15) is 9.97 Å². The second-order valence-electron chi connectivity index (χ2n) is 6.69. The molecule has 0 radical (unpaired) electrons. The number of aromatic nitrogens is 4. The van der Waals surface area contributed by atoms with Crippen LogP contribution in [0.2, 0.25) is 5.15 Å². The fraction of sp³-hybridized carbons (Fsp3) is 0.667. The van der Waals surface area contributed by atoms with Crippen LogP contribution in [-0.2, 0) is 29.6 Å². The predicted octanol–water partition coefficient (Wildman–Crippen LogP) is 2.80. The second kappa shape index (κ2) is 7.98. The van der Waals surface area contributed by atoms with E-state index in [1.807, 2.05) is 0 Å². The zero-order chi connectivity index (χ0) is 19.8. The molecule has 0 aliphatic carbocycles. The summed E-state index contributed by atoms with van der Waals surface area (Å²) in [6.07, 6.45) is 0.554. The van der Waals surface area contributed by atoms with Gasteiger partial charge in [0.25, 0.3) is 6.03 Å². The van der Waals surface area contributed by atoms with Gasteiger partial charge in [-0.25, -0.2) is 4.98 Å². The molecule has 1 fully saturated rings. The maximum Gasteiger partial charge on any atom is 0.386 e. The largest absolute Gasteiger partial charge is 0.386 e. The zero-order valence-corrected chi connectivity index (χ0v) is 17.2. The molecule has 1 saturated heterocycles. The summed E-state index contributed by atoms with van der Waals surface area (Å²) < 4.78 is 37.3. The maximum atomic E-state index is 13.1. The van der Waals surface area contributed by atoms with E-state index in [0.717, 1.165) is 0 Å². The third-order valence-electron chi connectivity index (χ3n) is 3.55. The summed E-state index contributed by atoms with van der Waals surface area (Å²) in [5, 5.41) is 0.179. The Bertz CT molecular complexity index is 846. The minimum Gasteiger partial charge on any atom is -0.368 e. The SMILES string of the molecule is CC(C)OP(=O)(OC(C)C)[C@H]1OC[C@H](Cn2cnc3c(Cl)nc(N)nc32)O1. The number of rotatable bonds is 7. The molecule has 0 spiro atoms. The number of nitrogens with two attached hydrogens (primary N) is 1. The lowest BCUT2D eigenvalue weighted by atomic mass is 10.4. The molecule has 2 N–H and O–H groups in total. The molecule has 27 heavy (non-hydrogen) atoms. The first-order valence-electron chi connectivity index (χ1n) is 8.55. The maximum absolute atomic E-state index is 13.1. The quantitative estimate of drug-likeness (QED) is 0.532. The van der Waals surface area contributed by atoms with Crippen molar-refractivity contribution in [1.82, 2.24) is 19.5 Å². The van der Waals surface area contributed by atoms with E-state index < -0.39 is 19.7 Å². The minimum atomic E-state index is -3.61. The smallest absolute Gasteiger partial charge is 0.368 e. The van der Waals surface area contributed by atoms with Crippen LogP contribution in [-0.4, -0.2) is 50.5 Å². The van der Waals surface area contributed by atoms with E-state index in [4.69, 9.17) is 35.9 Å². The highest BCUT2D eigenvalue weighted by Gasteiger charge is 2.45.